The monoisotopic (exact) mass is 357 g/mol. The van der Waals surface area contributed by atoms with Gasteiger partial charge in [-0.05, 0) is 81.6 Å². The van der Waals surface area contributed by atoms with Gasteiger partial charge in [-0.15, -0.1) is 0 Å². The van der Waals surface area contributed by atoms with Crippen molar-refractivity contribution in [3.63, 3.8) is 0 Å². The number of benzene rings is 1. The van der Waals surface area contributed by atoms with Crippen LogP contribution in [-0.2, 0) is 4.79 Å². The molecule has 4 rings (SSSR count). The van der Waals surface area contributed by atoms with Crippen LogP contribution in [0.4, 0.5) is 5.69 Å². The maximum atomic E-state index is 12.6. The van der Waals surface area contributed by atoms with Crippen molar-refractivity contribution >= 4 is 35.0 Å². The number of amides is 1. The third kappa shape index (κ3) is 3.33. The van der Waals surface area contributed by atoms with Gasteiger partial charge in [-0.1, -0.05) is 11.6 Å². The summed E-state index contributed by atoms with van der Waals surface area (Å²) >= 11 is 6.50. The second-order valence-electron chi connectivity index (χ2n) is 7.30. The van der Waals surface area contributed by atoms with Crippen molar-refractivity contribution in [1.29, 1.82) is 0 Å². The van der Waals surface area contributed by atoms with Gasteiger partial charge in [0.15, 0.2) is 0 Å². The van der Waals surface area contributed by atoms with Crippen LogP contribution in [0.2, 0.25) is 5.02 Å². The Labute approximate surface area is 153 Å². The molecule has 3 aliphatic rings. The van der Waals surface area contributed by atoms with Gasteiger partial charge in [0.2, 0.25) is 5.91 Å². The number of carbonyl (C=O) groups is 1. The lowest BCUT2D eigenvalue weighted by Crippen LogP contribution is -2.36. The fourth-order valence-electron chi connectivity index (χ4n) is 3.73. The molecule has 5 heteroatoms. The van der Waals surface area contributed by atoms with Crippen molar-refractivity contribution in [2.24, 2.45) is 5.92 Å². The lowest BCUT2D eigenvalue weighted by atomic mass is 9.86. The Balaban J connectivity index is 1.56. The number of nitrogens with zero attached hydrogens (tertiary/aromatic N) is 1. The van der Waals surface area contributed by atoms with E-state index in [0.29, 0.717) is 10.7 Å². The summed E-state index contributed by atoms with van der Waals surface area (Å²) < 4.78 is 0. The highest BCUT2D eigenvalue weighted by molar-refractivity contribution is 6.34. The van der Waals surface area contributed by atoms with E-state index in [0.717, 1.165) is 49.9 Å². The summed E-state index contributed by atoms with van der Waals surface area (Å²) in [6.45, 7) is 1.95. The summed E-state index contributed by atoms with van der Waals surface area (Å²) in [7, 11) is 2.10. The molecule has 0 atom stereocenters. The van der Waals surface area contributed by atoms with E-state index in [1.165, 1.54) is 17.7 Å². The molecule has 1 saturated carbocycles. The van der Waals surface area contributed by atoms with Crippen molar-refractivity contribution in [2.75, 3.05) is 25.5 Å². The Morgan fingerprint density at radius 2 is 2.04 bits per heavy atom. The molecule has 1 aromatic carbocycles. The Hall–Kier alpha value is -1.78. The first-order valence-corrected chi connectivity index (χ1v) is 9.48. The molecule has 4 nitrogen and oxygen atoms in total. The zero-order valence-electron chi connectivity index (χ0n) is 14.6. The molecule has 0 spiro atoms. The summed E-state index contributed by atoms with van der Waals surface area (Å²) in [5.41, 5.74) is 5.62. The lowest BCUT2D eigenvalue weighted by Gasteiger charge is -2.28. The average molecular weight is 358 g/mol. The zero-order chi connectivity index (χ0) is 17.4. The number of hydrogen-bond acceptors (Lipinski definition) is 3. The molecule has 0 unspecified atom stereocenters. The number of piperidine rings is 1. The number of nitrogens with one attached hydrogen (secondary N) is 2. The highest BCUT2D eigenvalue weighted by Crippen LogP contribution is 2.38. The number of likely N-dealkylation sites (tertiary alicyclic amines) is 1. The number of fused-ring (bicyclic) bond motifs is 1. The highest BCUT2D eigenvalue weighted by atomic mass is 35.5. The minimum absolute atomic E-state index is 0.0770. The van der Waals surface area contributed by atoms with Crippen molar-refractivity contribution in [3.8, 4) is 0 Å². The van der Waals surface area contributed by atoms with Crippen LogP contribution in [0, 0.1) is 5.92 Å². The van der Waals surface area contributed by atoms with E-state index in [2.05, 4.69) is 22.6 Å². The van der Waals surface area contributed by atoms with E-state index >= 15 is 0 Å². The number of halogens is 1. The second-order valence-corrected chi connectivity index (χ2v) is 7.70. The molecule has 0 radical (unpaired) electrons. The lowest BCUT2D eigenvalue weighted by molar-refractivity contribution is -0.121. The maximum Gasteiger partial charge on any atom is 0.227 e. The SMILES string of the molecule is CN1CCC(C(=O)Nc2cc3c(cc2Cl)C(=C2CCC2)NC=C3)CC1. The van der Waals surface area contributed by atoms with Crippen LogP contribution in [0.3, 0.4) is 0 Å². The van der Waals surface area contributed by atoms with E-state index in [4.69, 9.17) is 11.6 Å². The summed E-state index contributed by atoms with van der Waals surface area (Å²) in [5, 5.41) is 7.03. The van der Waals surface area contributed by atoms with E-state index in [-0.39, 0.29) is 11.8 Å². The normalized spacial score (nSPS) is 20.7. The van der Waals surface area contributed by atoms with E-state index in [1.807, 2.05) is 24.4 Å². The Morgan fingerprint density at radius 1 is 1.28 bits per heavy atom. The molecule has 25 heavy (non-hydrogen) atoms. The zero-order valence-corrected chi connectivity index (χ0v) is 15.3. The number of anilines is 1. The molecule has 0 bridgehead atoms. The molecule has 2 aliphatic heterocycles. The van der Waals surface area contributed by atoms with Crippen molar-refractivity contribution in [3.05, 3.63) is 40.1 Å². The van der Waals surface area contributed by atoms with Crippen LogP contribution in [0.25, 0.3) is 11.8 Å². The Bertz CT molecular complexity index is 754. The van der Waals surface area contributed by atoms with Gasteiger partial charge in [-0.25, -0.2) is 0 Å². The third-order valence-corrected chi connectivity index (χ3v) is 5.87. The fraction of sp³-hybridized carbons (Fsp3) is 0.450. The van der Waals surface area contributed by atoms with Crippen LogP contribution < -0.4 is 10.6 Å². The quantitative estimate of drug-likeness (QED) is 0.837. The van der Waals surface area contributed by atoms with E-state index in [1.54, 1.807) is 0 Å². The van der Waals surface area contributed by atoms with Crippen LogP contribution >= 0.6 is 11.6 Å². The minimum Gasteiger partial charge on any atom is -0.361 e. The summed E-state index contributed by atoms with van der Waals surface area (Å²) in [5.74, 6) is 0.165. The van der Waals surface area contributed by atoms with Crippen LogP contribution in [-0.4, -0.2) is 30.9 Å². The summed E-state index contributed by atoms with van der Waals surface area (Å²) in [6.07, 6.45) is 9.40. The highest BCUT2D eigenvalue weighted by Gasteiger charge is 2.25. The standard InChI is InChI=1S/C20H24ClN3O/c1-24-9-6-14(7-10-24)20(25)23-18-11-15-5-8-22-19(13-3-2-4-13)16(15)12-17(18)21/h5,8,11-12,14,22H,2-4,6-7,9-10H2,1H3,(H,23,25). The Morgan fingerprint density at radius 3 is 2.72 bits per heavy atom. The third-order valence-electron chi connectivity index (χ3n) is 5.56. The average Bonchev–Trinajstić information content (AvgIpc) is 2.55. The van der Waals surface area contributed by atoms with E-state index in [9.17, 15) is 4.79 Å². The molecule has 1 amide bonds. The Kier molecular flexibility index (Phi) is 4.57. The number of hydrogen-bond donors (Lipinski definition) is 2. The maximum absolute atomic E-state index is 12.6. The van der Waals surface area contributed by atoms with Crippen LogP contribution in [0.1, 0.15) is 43.2 Å². The fourth-order valence-corrected chi connectivity index (χ4v) is 3.95. The first kappa shape index (κ1) is 16.7. The van der Waals surface area contributed by atoms with Crippen molar-refractivity contribution < 1.29 is 4.79 Å². The topological polar surface area (TPSA) is 44.4 Å². The van der Waals surface area contributed by atoms with Gasteiger partial charge in [0, 0.05) is 23.4 Å². The molecular formula is C20H24ClN3O. The van der Waals surface area contributed by atoms with Crippen LogP contribution in [0.5, 0.6) is 0 Å². The predicted molar refractivity (Wildman–Crippen MR) is 103 cm³/mol. The molecule has 2 N–H and O–H groups in total. The molecule has 2 fully saturated rings. The van der Waals surface area contributed by atoms with Crippen LogP contribution in [0.15, 0.2) is 23.9 Å². The van der Waals surface area contributed by atoms with Gasteiger partial charge in [0.1, 0.15) is 0 Å². The number of rotatable bonds is 2. The molecule has 132 valence electrons. The molecule has 1 saturated heterocycles. The predicted octanol–water partition coefficient (Wildman–Crippen LogP) is 4.09. The van der Waals surface area contributed by atoms with E-state index < -0.39 is 0 Å². The molecular weight excluding hydrogens is 334 g/mol. The number of carbonyl (C=O) groups excluding carboxylic acids is 1. The summed E-state index contributed by atoms with van der Waals surface area (Å²) in [6, 6.07) is 3.99. The molecule has 1 aromatic rings. The first-order valence-electron chi connectivity index (χ1n) is 9.10. The molecule has 0 aromatic heterocycles. The van der Waals surface area contributed by atoms with Gasteiger partial charge in [0.05, 0.1) is 10.7 Å². The van der Waals surface area contributed by atoms with Crippen molar-refractivity contribution in [2.45, 2.75) is 32.1 Å². The second kappa shape index (κ2) is 6.85. The smallest absolute Gasteiger partial charge is 0.227 e. The molecule has 1 aliphatic carbocycles. The number of allylic oxidation sites excluding steroid dienone is 1. The molecule has 2 heterocycles. The van der Waals surface area contributed by atoms with Gasteiger partial charge >= 0.3 is 0 Å². The van der Waals surface area contributed by atoms with Gasteiger partial charge in [-0.3, -0.25) is 4.79 Å². The van der Waals surface area contributed by atoms with Crippen molar-refractivity contribution in [1.82, 2.24) is 10.2 Å². The van der Waals surface area contributed by atoms with Gasteiger partial charge in [0.25, 0.3) is 0 Å². The van der Waals surface area contributed by atoms with Gasteiger partial charge in [-0.2, -0.15) is 0 Å². The van der Waals surface area contributed by atoms with Gasteiger partial charge < -0.3 is 15.5 Å². The first-order chi connectivity index (χ1) is 12.1. The summed E-state index contributed by atoms with van der Waals surface area (Å²) in [4.78, 5) is 14.9. The largest absolute Gasteiger partial charge is 0.361 e. The minimum atomic E-state index is 0.0770.